The van der Waals surface area contributed by atoms with Crippen LogP contribution in [0.15, 0.2) is 41.0 Å². The quantitative estimate of drug-likeness (QED) is 0.912. The van der Waals surface area contributed by atoms with Crippen LogP contribution in [-0.2, 0) is 30.6 Å². The SMILES string of the molecule is O=C(Cc1ccc2c(c1)CCC2)NCc1ccco1. The molecule has 0 radical (unpaired) electrons. The predicted octanol–water partition coefficient (Wildman–Crippen LogP) is 2.63. The van der Waals surface area contributed by atoms with Gasteiger partial charge < -0.3 is 9.73 Å². The minimum absolute atomic E-state index is 0.0364. The minimum Gasteiger partial charge on any atom is -0.467 e. The van der Waals surface area contributed by atoms with Crippen molar-refractivity contribution in [3.05, 3.63) is 59.0 Å². The Kier molecular flexibility index (Phi) is 3.36. The first-order chi connectivity index (χ1) is 9.31. The number of amides is 1. The van der Waals surface area contributed by atoms with Crippen molar-refractivity contribution in [3.63, 3.8) is 0 Å². The second-order valence-corrected chi connectivity index (χ2v) is 4.99. The predicted molar refractivity (Wildman–Crippen MR) is 72.7 cm³/mol. The summed E-state index contributed by atoms with van der Waals surface area (Å²) in [7, 11) is 0. The number of nitrogens with one attached hydrogen (secondary N) is 1. The lowest BCUT2D eigenvalue weighted by Crippen LogP contribution is -2.24. The van der Waals surface area contributed by atoms with Gasteiger partial charge in [0, 0.05) is 0 Å². The van der Waals surface area contributed by atoms with Crippen LogP contribution in [0.25, 0.3) is 0 Å². The van der Waals surface area contributed by atoms with Crippen molar-refractivity contribution in [2.45, 2.75) is 32.2 Å². The highest BCUT2D eigenvalue weighted by atomic mass is 16.3. The summed E-state index contributed by atoms with van der Waals surface area (Å²) in [4.78, 5) is 11.9. The Morgan fingerprint density at radius 1 is 1.21 bits per heavy atom. The molecule has 0 spiro atoms. The summed E-state index contributed by atoms with van der Waals surface area (Å²) in [6, 6.07) is 10.1. The molecule has 3 rings (SSSR count). The second kappa shape index (κ2) is 5.31. The molecular formula is C16H17NO2. The van der Waals surface area contributed by atoms with Gasteiger partial charge >= 0.3 is 0 Å². The normalized spacial score (nSPS) is 13.3. The molecule has 1 aliphatic carbocycles. The van der Waals surface area contributed by atoms with Gasteiger partial charge in [-0.15, -0.1) is 0 Å². The molecule has 2 aromatic rings. The number of hydrogen-bond acceptors (Lipinski definition) is 2. The summed E-state index contributed by atoms with van der Waals surface area (Å²) in [5, 5.41) is 2.87. The van der Waals surface area contributed by atoms with Gasteiger partial charge in [-0.25, -0.2) is 0 Å². The maximum absolute atomic E-state index is 11.9. The number of rotatable bonds is 4. The highest BCUT2D eigenvalue weighted by molar-refractivity contribution is 5.78. The van der Waals surface area contributed by atoms with E-state index in [-0.39, 0.29) is 5.91 Å². The average Bonchev–Trinajstić information content (AvgIpc) is 3.07. The van der Waals surface area contributed by atoms with Crippen LogP contribution in [0, 0.1) is 0 Å². The molecule has 0 aliphatic heterocycles. The van der Waals surface area contributed by atoms with E-state index in [0.29, 0.717) is 13.0 Å². The topological polar surface area (TPSA) is 42.2 Å². The zero-order valence-corrected chi connectivity index (χ0v) is 10.8. The van der Waals surface area contributed by atoms with E-state index < -0.39 is 0 Å². The van der Waals surface area contributed by atoms with Crippen molar-refractivity contribution < 1.29 is 9.21 Å². The Labute approximate surface area is 112 Å². The van der Waals surface area contributed by atoms with Crippen LogP contribution >= 0.6 is 0 Å². The molecule has 19 heavy (non-hydrogen) atoms. The third-order valence-electron chi connectivity index (χ3n) is 3.57. The molecule has 0 saturated heterocycles. The Morgan fingerprint density at radius 2 is 2.11 bits per heavy atom. The van der Waals surface area contributed by atoms with Crippen LogP contribution in [0.5, 0.6) is 0 Å². The average molecular weight is 255 g/mol. The van der Waals surface area contributed by atoms with Gasteiger partial charge in [-0.3, -0.25) is 4.79 Å². The lowest BCUT2D eigenvalue weighted by molar-refractivity contribution is -0.120. The van der Waals surface area contributed by atoms with Crippen molar-refractivity contribution in [1.82, 2.24) is 5.32 Å². The molecule has 1 heterocycles. The van der Waals surface area contributed by atoms with Gasteiger partial charge in [0.15, 0.2) is 0 Å². The Bertz CT molecular complexity index is 572. The fourth-order valence-electron chi connectivity index (χ4n) is 2.58. The zero-order chi connectivity index (χ0) is 13.1. The van der Waals surface area contributed by atoms with Gasteiger partial charge in [0.2, 0.25) is 5.91 Å². The number of fused-ring (bicyclic) bond motifs is 1. The van der Waals surface area contributed by atoms with E-state index in [1.165, 1.54) is 24.0 Å². The molecule has 3 nitrogen and oxygen atoms in total. The van der Waals surface area contributed by atoms with E-state index in [9.17, 15) is 4.79 Å². The van der Waals surface area contributed by atoms with E-state index in [1.807, 2.05) is 12.1 Å². The monoisotopic (exact) mass is 255 g/mol. The van der Waals surface area contributed by atoms with Crippen molar-refractivity contribution in [2.75, 3.05) is 0 Å². The lowest BCUT2D eigenvalue weighted by Gasteiger charge is -2.06. The van der Waals surface area contributed by atoms with Crippen molar-refractivity contribution >= 4 is 5.91 Å². The van der Waals surface area contributed by atoms with E-state index in [4.69, 9.17) is 4.42 Å². The molecule has 0 saturated carbocycles. The van der Waals surface area contributed by atoms with E-state index in [1.54, 1.807) is 6.26 Å². The maximum atomic E-state index is 11.9. The standard InChI is InChI=1S/C16H17NO2/c18-16(17-11-15-5-2-8-19-15)10-12-6-7-13-3-1-4-14(13)9-12/h2,5-9H,1,3-4,10-11H2,(H,17,18). The first kappa shape index (κ1) is 12.0. The van der Waals surface area contributed by atoms with E-state index in [0.717, 1.165) is 17.7 Å². The fraction of sp³-hybridized carbons (Fsp3) is 0.312. The van der Waals surface area contributed by atoms with Gasteiger partial charge in [0.1, 0.15) is 5.76 Å². The fourth-order valence-corrected chi connectivity index (χ4v) is 2.58. The first-order valence-corrected chi connectivity index (χ1v) is 6.71. The number of carbonyl (C=O) groups is 1. The molecule has 0 atom stereocenters. The summed E-state index contributed by atoms with van der Waals surface area (Å²) < 4.78 is 5.18. The van der Waals surface area contributed by atoms with Crippen LogP contribution in [-0.4, -0.2) is 5.91 Å². The second-order valence-electron chi connectivity index (χ2n) is 4.99. The Morgan fingerprint density at radius 3 is 2.95 bits per heavy atom. The molecular weight excluding hydrogens is 238 g/mol. The van der Waals surface area contributed by atoms with E-state index in [2.05, 4.69) is 23.5 Å². The van der Waals surface area contributed by atoms with Gasteiger partial charge in [-0.1, -0.05) is 18.2 Å². The number of benzene rings is 1. The summed E-state index contributed by atoms with van der Waals surface area (Å²) in [5.41, 5.74) is 3.95. The zero-order valence-electron chi connectivity index (χ0n) is 10.8. The first-order valence-electron chi connectivity index (χ1n) is 6.71. The highest BCUT2D eigenvalue weighted by Gasteiger charge is 2.12. The number of aryl methyl sites for hydroxylation is 2. The minimum atomic E-state index is 0.0364. The van der Waals surface area contributed by atoms with Crippen LogP contribution < -0.4 is 5.32 Å². The van der Waals surface area contributed by atoms with Gasteiger partial charge in [0.25, 0.3) is 0 Å². The van der Waals surface area contributed by atoms with Crippen molar-refractivity contribution in [2.24, 2.45) is 0 Å². The number of furan rings is 1. The molecule has 1 amide bonds. The molecule has 1 aliphatic rings. The molecule has 0 bridgehead atoms. The van der Waals surface area contributed by atoms with Crippen molar-refractivity contribution in [1.29, 1.82) is 0 Å². The van der Waals surface area contributed by atoms with Gasteiger partial charge in [-0.2, -0.15) is 0 Å². The largest absolute Gasteiger partial charge is 0.467 e. The number of carbonyl (C=O) groups excluding carboxylic acids is 1. The van der Waals surface area contributed by atoms with Gasteiger partial charge in [-0.05, 0) is 48.1 Å². The molecule has 1 aromatic heterocycles. The third kappa shape index (κ3) is 2.87. The summed E-state index contributed by atoms with van der Waals surface area (Å²) in [6.07, 6.45) is 5.62. The smallest absolute Gasteiger partial charge is 0.224 e. The summed E-state index contributed by atoms with van der Waals surface area (Å²) in [6.45, 7) is 0.455. The molecule has 98 valence electrons. The molecule has 1 aromatic carbocycles. The summed E-state index contributed by atoms with van der Waals surface area (Å²) >= 11 is 0. The summed E-state index contributed by atoms with van der Waals surface area (Å²) in [5.74, 6) is 0.816. The van der Waals surface area contributed by atoms with Gasteiger partial charge in [0.05, 0.1) is 19.2 Å². The maximum Gasteiger partial charge on any atom is 0.224 e. The molecule has 1 N–H and O–H groups in total. The van der Waals surface area contributed by atoms with Crippen LogP contribution in [0.4, 0.5) is 0 Å². The molecule has 0 fully saturated rings. The lowest BCUT2D eigenvalue weighted by atomic mass is 10.0. The molecule has 0 unspecified atom stereocenters. The molecule has 3 heteroatoms. The van der Waals surface area contributed by atoms with Crippen LogP contribution in [0.1, 0.15) is 28.9 Å². The van der Waals surface area contributed by atoms with Crippen molar-refractivity contribution in [3.8, 4) is 0 Å². The Hall–Kier alpha value is -2.03. The van der Waals surface area contributed by atoms with E-state index >= 15 is 0 Å². The van der Waals surface area contributed by atoms with Crippen LogP contribution in [0.2, 0.25) is 0 Å². The number of hydrogen-bond donors (Lipinski definition) is 1. The third-order valence-corrected chi connectivity index (χ3v) is 3.57. The Balaban J connectivity index is 1.57. The van der Waals surface area contributed by atoms with Crippen LogP contribution in [0.3, 0.4) is 0 Å². The highest BCUT2D eigenvalue weighted by Crippen LogP contribution is 2.22.